The first kappa shape index (κ1) is 13.8. The zero-order chi connectivity index (χ0) is 14.2. The standard InChI is InChI=1S/C15H21FN2O/c1-5-10(2)18-13-7-6-11(16)8-12(13)17-9-15(3,4)14(18)19/h6-8,10,17H,5,9H2,1-4H3. The van der Waals surface area contributed by atoms with Crippen molar-refractivity contribution < 1.29 is 9.18 Å². The van der Waals surface area contributed by atoms with Gasteiger partial charge in [-0.2, -0.15) is 0 Å². The lowest BCUT2D eigenvalue weighted by atomic mass is 9.91. The van der Waals surface area contributed by atoms with E-state index in [4.69, 9.17) is 0 Å². The fourth-order valence-electron chi connectivity index (χ4n) is 2.31. The second-order valence-electron chi connectivity index (χ2n) is 5.83. The largest absolute Gasteiger partial charge is 0.382 e. The molecule has 0 saturated heterocycles. The maximum atomic E-state index is 13.4. The van der Waals surface area contributed by atoms with Crippen molar-refractivity contribution in [3.63, 3.8) is 0 Å². The Balaban J connectivity index is 2.55. The van der Waals surface area contributed by atoms with Crippen LogP contribution in [0.5, 0.6) is 0 Å². The van der Waals surface area contributed by atoms with Gasteiger partial charge in [0.05, 0.1) is 16.8 Å². The molecule has 0 spiro atoms. The summed E-state index contributed by atoms with van der Waals surface area (Å²) in [6, 6.07) is 4.64. The van der Waals surface area contributed by atoms with Crippen LogP contribution in [0.25, 0.3) is 0 Å². The van der Waals surface area contributed by atoms with Crippen molar-refractivity contribution in [2.75, 3.05) is 16.8 Å². The Hall–Kier alpha value is -1.58. The minimum absolute atomic E-state index is 0.0831. The summed E-state index contributed by atoms with van der Waals surface area (Å²) < 4.78 is 13.4. The summed E-state index contributed by atoms with van der Waals surface area (Å²) >= 11 is 0. The van der Waals surface area contributed by atoms with E-state index in [0.29, 0.717) is 12.2 Å². The van der Waals surface area contributed by atoms with Crippen LogP contribution in [0, 0.1) is 11.2 Å². The van der Waals surface area contributed by atoms with Crippen molar-refractivity contribution in [3.8, 4) is 0 Å². The van der Waals surface area contributed by atoms with Crippen LogP contribution in [-0.2, 0) is 4.79 Å². The van der Waals surface area contributed by atoms with Crippen LogP contribution in [0.15, 0.2) is 18.2 Å². The minimum Gasteiger partial charge on any atom is -0.382 e. The molecule has 104 valence electrons. The fourth-order valence-corrected chi connectivity index (χ4v) is 2.31. The SMILES string of the molecule is CCC(C)N1C(=O)C(C)(C)CNc2cc(F)ccc21. The van der Waals surface area contributed by atoms with Crippen LogP contribution in [-0.4, -0.2) is 18.5 Å². The molecule has 3 nitrogen and oxygen atoms in total. The van der Waals surface area contributed by atoms with Crippen molar-refractivity contribution >= 4 is 17.3 Å². The molecule has 1 aliphatic rings. The molecule has 1 aromatic rings. The Morgan fingerprint density at radius 2 is 2.16 bits per heavy atom. The van der Waals surface area contributed by atoms with Crippen LogP contribution in [0.4, 0.5) is 15.8 Å². The highest BCUT2D eigenvalue weighted by Crippen LogP contribution is 2.36. The number of rotatable bonds is 2. The average Bonchev–Trinajstić information content (AvgIpc) is 2.46. The summed E-state index contributed by atoms with van der Waals surface area (Å²) in [7, 11) is 0. The van der Waals surface area contributed by atoms with Gasteiger partial charge in [-0.1, -0.05) is 6.92 Å². The number of nitrogens with zero attached hydrogens (tertiary/aromatic N) is 1. The molecule has 1 atom stereocenters. The monoisotopic (exact) mass is 264 g/mol. The van der Waals surface area contributed by atoms with E-state index in [1.165, 1.54) is 12.1 Å². The molecule has 19 heavy (non-hydrogen) atoms. The first-order valence-electron chi connectivity index (χ1n) is 6.74. The van der Waals surface area contributed by atoms with Crippen molar-refractivity contribution in [2.45, 2.75) is 40.2 Å². The molecule has 2 rings (SSSR count). The van der Waals surface area contributed by atoms with Crippen LogP contribution < -0.4 is 10.2 Å². The summed E-state index contributed by atoms with van der Waals surface area (Å²) in [6.07, 6.45) is 0.860. The topological polar surface area (TPSA) is 32.3 Å². The van der Waals surface area contributed by atoms with Gasteiger partial charge in [-0.3, -0.25) is 4.79 Å². The van der Waals surface area contributed by atoms with E-state index in [-0.39, 0.29) is 17.8 Å². The number of carbonyl (C=O) groups is 1. The summed E-state index contributed by atoms with van der Waals surface area (Å²) in [6.45, 7) is 8.41. The molecular formula is C15H21FN2O. The molecule has 1 N–H and O–H groups in total. The first-order chi connectivity index (χ1) is 8.86. The third kappa shape index (κ3) is 2.44. The molecule has 1 heterocycles. The van der Waals surface area contributed by atoms with E-state index in [2.05, 4.69) is 5.32 Å². The molecule has 1 aliphatic heterocycles. The summed E-state index contributed by atoms with van der Waals surface area (Å²) in [5.74, 6) is -0.206. The van der Waals surface area contributed by atoms with Gasteiger partial charge in [0.15, 0.2) is 0 Å². The zero-order valence-electron chi connectivity index (χ0n) is 12.0. The molecule has 0 aromatic heterocycles. The van der Waals surface area contributed by atoms with E-state index in [0.717, 1.165) is 12.1 Å². The maximum absolute atomic E-state index is 13.4. The highest BCUT2D eigenvalue weighted by molar-refractivity contribution is 6.02. The average molecular weight is 264 g/mol. The fraction of sp³-hybridized carbons (Fsp3) is 0.533. The van der Waals surface area contributed by atoms with Gasteiger partial charge in [0.1, 0.15) is 5.82 Å². The van der Waals surface area contributed by atoms with Gasteiger partial charge in [0.25, 0.3) is 0 Å². The number of fused-ring (bicyclic) bond motifs is 1. The molecule has 0 saturated carbocycles. The molecule has 1 aromatic carbocycles. The Kier molecular flexibility index (Phi) is 3.52. The van der Waals surface area contributed by atoms with Gasteiger partial charge >= 0.3 is 0 Å². The number of anilines is 2. The summed E-state index contributed by atoms with van der Waals surface area (Å²) in [4.78, 5) is 14.5. The maximum Gasteiger partial charge on any atom is 0.234 e. The Labute approximate surface area is 113 Å². The third-order valence-corrected chi connectivity index (χ3v) is 3.77. The predicted molar refractivity (Wildman–Crippen MR) is 75.9 cm³/mol. The van der Waals surface area contributed by atoms with Crippen LogP contribution in [0.3, 0.4) is 0 Å². The van der Waals surface area contributed by atoms with Crippen LogP contribution in [0.2, 0.25) is 0 Å². The molecule has 4 heteroatoms. The lowest BCUT2D eigenvalue weighted by molar-refractivity contribution is -0.126. The quantitative estimate of drug-likeness (QED) is 0.887. The lowest BCUT2D eigenvalue weighted by Crippen LogP contribution is -2.46. The normalized spacial score (nSPS) is 19.4. The Morgan fingerprint density at radius 1 is 1.47 bits per heavy atom. The molecule has 0 aliphatic carbocycles. The third-order valence-electron chi connectivity index (χ3n) is 3.77. The van der Waals surface area contributed by atoms with Crippen molar-refractivity contribution in [1.82, 2.24) is 0 Å². The van der Waals surface area contributed by atoms with Crippen molar-refractivity contribution in [1.29, 1.82) is 0 Å². The van der Waals surface area contributed by atoms with Gasteiger partial charge in [-0.05, 0) is 45.4 Å². The van der Waals surface area contributed by atoms with E-state index in [1.54, 1.807) is 11.0 Å². The van der Waals surface area contributed by atoms with E-state index in [1.807, 2.05) is 27.7 Å². The van der Waals surface area contributed by atoms with Crippen molar-refractivity contribution in [3.05, 3.63) is 24.0 Å². The lowest BCUT2D eigenvalue weighted by Gasteiger charge is -2.33. The number of benzene rings is 1. The highest BCUT2D eigenvalue weighted by atomic mass is 19.1. The summed E-state index contributed by atoms with van der Waals surface area (Å²) in [5, 5.41) is 3.19. The van der Waals surface area contributed by atoms with Gasteiger partial charge in [-0.15, -0.1) is 0 Å². The van der Waals surface area contributed by atoms with Crippen molar-refractivity contribution in [2.24, 2.45) is 5.41 Å². The predicted octanol–water partition coefficient (Wildman–Crippen LogP) is 3.41. The second-order valence-corrected chi connectivity index (χ2v) is 5.83. The molecule has 0 fully saturated rings. The number of nitrogens with one attached hydrogen (secondary N) is 1. The number of amides is 1. The van der Waals surface area contributed by atoms with Gasteiger partial charge in [0, 0.05) is 12.6 Å². The zero-order valence-corrected chi connectivity index (χ0v) is 12.0. The number of hydrogen-bond donors (Lipinski definition) is 1. The van der Waals surface area contributed by atoms with E-state index in [9.17, 15) is 9.18 Å². The summed E-state index contributed by atoms with van der Waals surface area (Å²) in [5.41, 5.74) is 0.962. The van der Waals surface area contributed by atoms with E-state index >= 15 is 0 Å². The van der Waals surface area contributed by atoms with E-state index < -0.39 is 5.41 Å². The smallest absolute Gasteiger partial charge is 0.234 e. The molecule has 0 radical (unpaired) electrons. The minimum atomic E-state index is -0.501. The van der Waals surface area contributed by atoms with Gasteiger partial charge < -0.3 is 10.2 Å². The van der Waals surface area contributed by atoms with Crippen LogP contribution >= 0.6 is 0 Å². The molecule has 1 unspecified atom stereocenters. The highest BCUT2D eigenvalue weighted by Gasteiger charge is 2.38. The second kappa shape index (κ2) is 4.83. The number of hydrogen-bond acceptors (Lipinski definition) is 2. The molecule has 1 amide bonds. The molecular weight excluding hydrogens is 243 g/mol. The Bertz CT molecular complexity index is 499. The van der Waals surface area contributed by atoms with Crippen LogP contribution in [0.1, 0.15) is 34.1 Å². The Morgan fingerprint density at radius 3 is 2.79 bits per heavy atom. The van der Waals surface area contributed by atoms with Gasteiger partial charge in [0.2, 0.25) is 5.91 Å². The first-order valence-corrected chi connectivity index (χ1v) is 6.74. The number of halogens is 1. The molecule has 0 bridgehead atoms. The van der Waals surface area contributed by atoms with Gasteiger partial charge in [-0.25, -0.2) is 4.39 Å². The number of carbonyl (C=O) groups excluding carboxylic acids is 1.